The molecule has 148 valence electrons. The molecule has 1 fully saturated rings. The van der Waals surface area contributed by atoms with Gasteiger partial charge in [0.2, 0.25) is 0 Å². The van der Waals surface area contributed by atoms with Crippen LogP contribution in [-0.2, 0) is 13.1 Å². The summed E-state index contributed by atoms with van der Waals surface area (Å²) in [5.41, 5.74) is 2.26. The zero-order valence-corrected chi connectivity index (χ0v) is 18.6. The molecule has 5 nitrogen and oxygen atoms in total. The molecule has 0 saturated carbocycles. The predicted octanol–water partition coefficient (Wildman–Crippen LogP) is 4.39. The van der Waals surface area contributed by atoms with E-state index in [1.54, 1.807) is 25.6 Å². The van der Waals surface area contributed by atoms with Crippen LogP contribution < -0.4 is 9.47 Å². The molecule has 28 heavy (non-hydrogen) atoms. The molecule has 1 aromatic heterocycles. The van der Waals surface area contributed by atoms with Gasteiger partial charge in [-0.15, -0.1) is 11.3 Å². The highest BCUT2D eigenvalue weighted by atomic mass is 79.9. The minimum atomic E-state index is 0.838. The predicted molar refractivity (Wildman–Crippen MR) is 117 cm³/mol. The minimum absolute atomic E-state index is 0.838. The average Bonchev–Trinajstić information content (AvgIpc) is 3.12. The van der Waals surface area contributed by atoms with Crippen molar-refractivity contribution in [2.75, 3.05) is 40.4 Å². The van der Waals surface area contributed by atoms with Crippen molar-refractivity contribution in [2.45, 2.75) is 13.1 Å². The first-order chi connectivity index (χ1) is 13.7. The van der Waals surface area contributed by atoms with E-state index < -0.39 is 0 Å². The molecule has 0 amide bonds. The van der Waals surface area contributed by atoms with Crippen LogP contribution in [0.3, 0.4) is 0 Å². The van der Waals surface area contributed by atoms with E-state index in [4.69, 9.17) is 14.5 Å². The lowest BCUT2D eigenvalue weighted by molar-refractivity contribution is 0.121. The fraction of sp³-hybridized carbons (Fsp3) is 0.381. The first kappa shape index (κ1) is 19.6. The summed E-state index contributed by atoms with van der Waals surface area (Å²) in [5.74, 6) is 1.73. The molecule has 2 aromatic carbocycles. The van der Waals surface area contributed by atoms with Gasteiger partial charge in [0, 0.05) is 38.3 Å². The lowest BCUT2D eigenvalue weighted by Crippen LogP contribution is -2.45. The number of hydrogen-bond acceptors (Lipinski definition) is 6. The topological polar surface area (TPSA) is 37.8 Å². The molecule has 0 N–H and O–H groups in total. The van der Waals surface area contributed by atoms with Crippen molar-refractivity contribution in [1.29, 1.82) is 0 Å². The highest BCUT2D eigenvalue weighted by Gasteiger charge is 2.20. The van der Waals surface area contributed by atoms with Gasteiger partial charge in [-0.3, -0.25) is 9.80 Å². The Kier molecular flexibility index (Phi) is 6.16. The number of benzene rings is 2. The second kappa shape index (κ2) is 8.78. The van der Waals surface area contributed by atoms with Crippen LogP contribution in [0.4, 0.5) is 0 Å². The summed E-state index contributed by atoms with van der Waals surface area (Å²) in [4.78, 5) is 9.74. The Morgan fingerprint density at radius 2 is 1.64 bits per heavy atom. The summed E-state index contributed by atoms with van der Waals surface area (Å²) in [6.07, 6.45) is 0. The number of hydrogen-bond donors (Lipinski definition) is 0. The molecule has 2 heterocycles. The average molecular weight is 462 g/mol. The Bertz CT molecular complexity index is 921. The van der Waals surface area contributed by atoms with E-state index >= 15 is 0 Å². The number of ether oxygens (including phenoxy) is 2. The van der Waals surface area contributed by atoms with E-state index in [2.05, 4.69) is 56.1 Å². The maximum Gasteiger partial charge on any atom is 0.133 e. The van der Waals surface area contributed by atoms with E-state index in [0.29, 0.717) is 0 Å². The fourth-order valence-corrected chi connectivity index (χ4v) is 5.07. The highest BCUT2D eigenvalue weighted by Crippen LogP contribution is 2.33. The van der Waals surface area contributed by atoms with Gasteiger partial charge in [-0.25, -0.2) is 4.98 Å². The van der Waals surface area contributed by atoms with Crippen molar-refractivity contribution in [3.05, 3.63) is 51.4 Å². The second-order valence-electron chi connectivity index (χ2n) is 6.93. The van der Waals surface area contributed by atoms with Gasteiger partial charge >= 0.3 is 0 Å². The number of nitrogens with zero attached hydrogens (tertiary/aromatic N) is 3. The number of fused-ring (bicyclic) bond motifs is 1. The third kappa shape index (κ3) is 4.33. The number of methoxy groups -OCH3 is 2. The third-order valence-electron chi connectivity index (χ3n) is 5.11. The number of para-hydroxylation sites is 1. The standard InChI is InChI=1S/C21H24BrN3O2S/c1-26-18-12-16(22)19(27-2)11-15(18)13-24-7-9-25(10-8-24)14-21-23-17-5-3-4-6-20(17)28-21/h3-6,11-12H,7-10,13-14H2,1-2H3. The zero-order chi connectivity index (χ0) is 19.5. The summed E-state index contributed by atoms with van der Waals surface area (Å²) in [5, 5.41) is 1.20. The Balaban J connectivity index is 1.36. The molecular weight excluding hydrogens is 438 g/mol. The molecule has 1 aliphatic heterocycles. The number of thiazole rings is 1. The number of aromatic nitrogens is 1. The molecule has 1 aliphatic rings. The van der Waals surface area contributed by atoms with Crippen LogP contribution in [-0.4, -0.2) is 55.2 Å². The van der Waals surface area contributed by atoms with E-state index in [1.165, 1.54) is 9.71 Å². The number of piperazine rings is 1. The normalized spacial score (nSPS) is 15.8. The van der Waals surface area contributed by atoms with Crippen LogP contribution in [0.1, 0.15) is 10.6 Å². The van der Waals surface area contributed by atoms with Gasteiger partial charge in [-0.1, -0.05) is 12.1 Å². The summed E-state index contributed by atoms with van der Waals surface area (Å²) in [6, 6.07) is 12.4. The van der Waals surface area contributed by atoms with Crippen LogP contribution in [0.2, 0.25) is 0 Å². The molecule has 0 aliphatic carbocycles. The van der Waals surface area contributed by atoms with E-state index in [1.807, 2.05) is 6.07 Å². The van der Waals surface area contributed by atoms with Crippen LogP contribution in [0.5, 0.6) is 11.5 Å². The second-order valence-corrected chi connectivity index (χ2v) is 8.90. The Morgan fingerprint density at radius 1 is 0.964 bits per heavy atom. The molecule has 7 heteroatoms. The smallest absolute Gasteiger partial charge is 0.133 e. The van der Waals surface area contributed by atoms with Crippen LogP contribution in [0.25, 0.3) is 10.2 Å². The lowest BCUT2D eigenvalue weighted by Gasteiger charge is -2.34. The van der Waals surface area contributed by atoms with Crippen molar-refractivity contribution in [2.24, 2.45) is 0 Å². The third-order valence-corrected chi connectivity index (χ3v) is 6.75. The molecule has 1 saturated heterocycles. The summed E-state index contributed by atoms with van der Waals surface area (Å²) >= 11 is 5.33. The van der Waals surface area contributed by atoms with Gasteiger partial charge in [0.05, 0.1) is 35.5 Å². The van der Waals surface area contributed by atoms with E-state index in [-0.39, 0.29) is 0 Å². The van der Waals surface area contributed by atoms with E-state index in [9.17, 15) is 0 Å². The molecular formula is C21H24BrN3O2S. The highest BCUT2D eigenvalue weighted by molar-refractivity contribution is 9.10. The van der Waals surface area contributed by atoms with Gasteiger partial charge in [-0.2, -0.15) is 0 Å². The largest absolute Gasteiger partial charge is 0.496 e. The van der Waals surface area contributed by atoms with Gasteiger partial charge in [0.15, 0.2) is 0 Å². The molecule has 3 aromatic rings. The number of rotatable bonds is 6. The Labute approximate surface area is 178 Å². The molecule has 4 rings (SSSR count). The summed E-state index contributed by atoms with van der Waals surface area (Å²) < 4.78 is 13.2. The first-order valence-electron chi connectivity index (χ1n) is 9.36. The van der Waals surface area contributed by atoms with Crippen LogP contribution >= 0.6 is 27.3 Å². The van der Waals surface area contributed by atoms with Gasteiger partial charge in [0.1, 0.15) is 16.5 Å². The molecule has 0 bridgehead atoms. The number of halogens is 1. The zero-order valence-electron chi connectivity index (χ0n) is 16.2. The van der Waals surface area contributed by atoms with Gasteiger partial charge < -0.3 is 9.47 Å². The minimum Gasteiger partial charge on any atom is -0.496 e. The van der Waals surface area contributed by atoms with Crippen LogP contribution in [0, 0.1) is 0 Å². The maximum atomic E-state index is 5.57. The van der Waals surface area contributed by atoms with Gasteiger partial charge in [0.25, 0.3) is 0 Å². The van der Waals surface area contributed by atoms with Crippen molar-refractivity contribution >= 4 is 37.5 Å². The lowest BCUT2D eigenvalue weighted by atomic mass is 10.1. The van der Waals surface area contributed by atoms with Crippen molar-refractivity contribution in [3.8, 4) is 11.5 Å². The first-order valence-corrected chi connectivity index (χ1v) is 11.0. The van der Waals surface area contributed by atoms with Crippen LogP contribution in [0.15, 0.2) is 40.9 Å². The monoisotopic (exact) mass is 461 g/mol. The molecule has 0 radical (unpaired) electrons. The van der Waals surface area contributed by atoms with Crippen molar-refractivity contribution in [1.82, 2.24) is 14.8 Å². The van der Waals surface area contributed by atoms with Crippen molar-refractivity contribution < 1.29 is 9.47 Å². The summed E-state index contributed by atoms with van der Waals surface area (Å²) in [7, 11) is 3.41. The molecule has 0 unspecified atom stereocenters. The Hall–Kier alpha value is -1.67. The van der Waals surface area contributed by atoms with E-state index in [0.717, 1.165) is 66.3 Å². The molecule has 0 atom stereocenters. The quantitative estimate of drug-likeness (QED) is 0.543. The Morgan fingerprint density at radius 3 is 2.32 bits per heavy atom. The molecule has 0 spiro atoms. The van der Waals surface area contributed by atoms with Crippen molar-refractivity contribution in [3.63, 3.8) is 0 Å². The van der Waals surface area contributed by atoms with Gasteiger partial charge in [-0.05, 0) is 40.2 Å². The maximum absolute atomic E-state index is 5.57. The SMILES string of the molecule is COc1cc(CN2CCN(Cc3nc4ccccc4s3)CC2)c(OC)cc1Br. The summed E-state index contributed by atoms with van der Waals surface area (Å²) in [6.45, 7) is 5.96. The fourth-order valence-electron chi connectivity index (χ4n) is 3.57.